The Labute approximate surface area is 196 Å². The lowest BCUT2D eigenvalue weighted by Gasteiger charge is -2.26. The lowest BCUT2D eigenvalue weighted by atomic mass is 10.1. The number of thiazole rings is 1. The van der Waals surface area contributed by atoms with E-state index in [2.05, 4.69) is 10.3 Å². The van der Waals surface area contributed by atoms with Gasteiger partial charge >= 0.3 is 0 Å². The Bertz CT molecular complexity index is 944. The third kappa shape index (κ3) is 6.92. The Morgan fingerprint density at radius 3 is 2.39 bits per heavy atom. The van der Waals surface area contributed by atoms with E-state index in [0.717, 1.165) is 0 Å². The number of halogens is 2. The van der Waals surface area contributed by atoms with E-state index in [-0.39, 0.29) is 41.8 Å². The number of aromatic nitrogens is 1. The van der Waals surface area contributed by atoms with Crippen LogP contribution in [0.5, 0.6) is 0 Å². The highest BCUT2D eigenvalue weighted by Gasteiger charge is 2.23. The zero-order valence-corrected chi connectivity index (χ0v) is 20.3. The second-order valence-electron chi connectivity index (χ2n) is 7.09. The SMILES string of the molecule is CCN(CC)C(=O)Cc1csc(NC(=O)CN(C(=O)c2ccc(Cl)c(Cl)c2)C(C)C)n1. The fourth-order valence-corrected chi connectivity index (χ4v) is 3.91. The van der Waals surface area contributed by atoms with E-state index in [0.29, 0.717) is 34.5 Å². The van der Waals surface area contributed by atoms with E-state index >= 15 is 0 Å². The van der Waals surface area contributed by atoms with E-state index in [9.17, 15) is 14.4 Å². The predicted octanol–water partition coefficient (Wildman–Crippen LogP) is 4.35. The van der Waals surface area contributed by atoms with E-state index in [1.807, 2.05) is 27.7 Å². The maximum Gasteiger partial charge on any atom is 0.254 e. The number of rotatable bonds is 9. The lowest BCUT2D eigenvalue weighted by Crippen LogP contribution is -2.42. The van der Waals surface area contributed by atoms with Crippen LogP contribution in [0.15, 0.2) is 23.6 Å². The summed E-state index contributed by atoms with van der Waals surface area (Å²) in [4.78, 5) is 45.1. The molecule has 0 spiro atoms. The molecule has 7 nitrogen and oxygen atoms in total. The predicted molar refractivity (Wildman–Crippen MR) is 125 cm³/mol. The summed E-state index contributed by atoms with van der Waals surface area (Å²) >= 11 is 13.2. The molecule has 2 aromatic rings. The lowest BCUT2D eigenvalue weighted by molar-refractivity contribution is -0.130. The maximum atomic E-state index is 12.9. The van der Waals surface area contributed by atoms with Crippen LogP contribution < -0.4 is 5.32 Å². The molecule has 1 aromatic heterocycles. The number of amides is 3. The molecule has 1 aromatic carbocycles. The van der Waals surface area contributed by atoms with Gasteiger partial charge in [0.25, 0.3) is 5.91 Å². The number of hydrogen-bond donors (Lipinski definition) is 1. The summed E-state index contributed by atoms with van der Waals surface area (Å²) in [6, 6.07) is 4.39. The molecule has 0 saturated carbocycles. The van der Waals surface area contributed by atoms with Crippen molar-refractivity contribution in [3.05, 3.63) is 44.9 Å². The second kappa shape index (κ2) is 11.5. The van der Waals surface area contributed by atoms with Crippen LogP contribution in [-0.4, -0.2) is 58.2 Å². The first-order valence-electron chi connectivity index (χ1n) is 9.94. The smallest absolute Gasteiger partial charge is 0.254 e. The molecule has 1 N–H and O–H groups in total. The average Bonchev–Trinajstić information content (AvgIpc) is 3.15. The van der Waals surface area contributed by atoms with Gasteiger partial charge in [-0.2, -0.15) is 0 Å². The van der Waals surface area contributed by atoms with E-state index in [1.165, 1.54) is 22.3 Å². The molecule has 3 amide bonds. The van der Waals surface area contributed by atoms with E-state index < -0.39 is 0 Å². The summed E-state index contributed by atoms with van der Waals surface area (Å²) in [7, 11) is 0. The Balaban J connectivity index is 2.02. The van der Waals surface area contributed by atoms with Crippen molar-refractivity contribution >= 4 is 57.4 Å². The summed E-state index contributed by atoms with van der Waals surface area (Å²) in [5.41, 5.74) is 0.951. The third-order valence-corrected chi connectivity index (χ3v) is 6.16. The highest BCUT2D eigenvalue weighted by Crippen LogP contribution is 2.24. The van der Waals surface area contributed by atoms with Gasteiger partial charge in [0.1, 0.15) is 6.54 Å². The van der Waals surface area contributed by atoms with Gasteiger partial charge in [-0.15, -0.1) is 11.3 Å². The molecular weight excluding hydrogens is 459 g/mol. The molecule has 0 bridgehead atoms. The molecule has 0 atom stereocenters. The van der Waals surface area contributed by atoms with E-state index in [1.54, 1.807) is 22.4 Å². The molecule has 0 unspecified atom stereocenters. The minimum absolute atomic E-state index is 0.00798. The molecule has 0 aliphatic carbocycles. The minimum atomic E-state index is -0.377. The van der Waals surface area contributed by atoms with Crippen molar-refractivity contribution < 1.29 is 14.4 Å². The van der Waals surface area contributed by atoms with Gasteiger partial charge in [0.15, 0.2) is 5.13 Å². The molecule has 2 rings (SSSR count). The molecule has 168 valence electrons. The van der Waals surface area contributed by atoms with Crippen molar-refractivity contribution in [3.63, 3.8) is 0 Å². The van der Waals surface area contributed by atoms with Gasteiger partial charge in [-0.1, -0.05) is 23.2 Å². The van der Waals surface area contributed by atoms with Crippen LogP contribution in [0.4, 0.5) is 5.13 Å². The molecule has 0 aliphatic rings. The molecule has 1 heterocycles. The van der Waals surface area contributed by atoms with Gasteiger partial charge in [-0.3, -0.25) is 14.4 Å². The molecule has 0 aliphatic heterocycles. The first kappa shape index (κ1) is 25.1. The summed E-state index contributed by atoms with van der Waals surface area (Å²) in [6.07, 6.45) is 0.183. The third-order valence-electron chi connectivity index (χ3n) is 4.61. The number of carbonyl (C=O) groups is 3. The second-order valence-corrected chi connectivity index (χ2v) is 8.76. The molecular formula is C21H26Cl2N4O3S. The van der Waals surface area contributed by atoms with Crippen molar-refractivity contribution in [2.45, 2.75) is 40.2 Å². The Morgan fingerprint density at radius 2 is 1.81 bits per heavy atom. The quantitative estimate of drug-likeness (QED) is 0.573. The zero-order chi connectivity index (χ0) is 23.1. The first-order chi connectivity index (χ1) is 14.7. The van der Waals surface area contributed by atoms with Crippen LogP contribution in [0.1, 0.15) is 43.7 Å². The Morgan fingerprint density at radius 1 is 1.13 bits per heavy atom. The van der Waals surface area contributed by atoms with Gasteiger partial charge in [0.2, 0.25) is 11.8 Å². The molecule has 10 heteroatoms. The van der Waals surface area contributed by atoms with Gasteiger partial charge in [-0.25, -0.2) is 4.98 Å². The fourth-order valence-electron chi connectivity index (χ4n) is 2.89. The van der Waals surface area contributed by atoms with Gasteiger partial charge in [-0.05, 0) is 45.9 Å². The molecule has 0 radical (unpaired) electrons. The number of likely N-dealkylation sites (N-methyl/N-ethyl adjacent to an activating group) is 1. The van der Waals surface area contributed by atoms with Crippen molar-refractivity contribution in [1.29, 1.82) is 0 Å². The maximum absolute atomic E-state index is 12.9. The first-order valence-corrected chi connectivity index (χ1v) is 11.6. The summed E-state index contributed by atoms with van der Waals surface area (Å²) in [6.45, 7) is 8.62. The number of carbonyl (C=O) groups excluding carboxylic acids is 3. The van der Waals surface area contributed by atoms with Crippen LogP contribution in [-0.2, 0) is 16.0 Å². The highest BCUT2D eigenvalue weighted by atomic mass is 35.5. The minimum Gasteiger partial charge on any atom is -0.343 e. The summed E-state index contributed by atoms with van der Waals surface area (Å²) < 4.78 is 0. The number of nitrogens with one attached hydrogen (secondary N) is 1. The standard InChI is InChI=1S/C21H26Cl2N4O3S/c1-5-26(6-2)19(29)10-15-12-31-21(24-15)25-18(28)11-27(13(3)4)20(30)14-7-8-16(22)17(23)9-14/h7-9,12-13H,5-6,10-11H2,1-4H3,(H,24,25,28). The number of hydrogen-bond acceptors (Lipinski definition) is 5. The van der Waals surface area contributed by atoms with Crippen molar-refractivity contribution in [1.82, 2.24) is 14.8 Å². The van der Waals surface area contributed by atoms with Crippen LogP contribution in [0.3, 0.4) is 0 Å². The highest BCUT2D eigenvalue weighted by molar-refractivity contribution is 7.13. The van der Waals surface area contributed by atoms with Crippen LogP contribution in [0.25, 0.3) is 0 Å². The number of nitrogens with zero attached hydrogens (tertiary/aromatic N) is 3. The monoisotopic (exact) mass is 484 g/mol. The fraction of sp³-hybridized carbons (Fsp3) is 0.429. The van der Waals surface area contributed by atoms with Crippen molar-refractivity contribution in [2.24, 2.45) is 0 Å². The van der Waals surface area contributed by atoms with Crippen LogP contribution in [0, 0.1) is 0 Å². The molecule has 0 fully saturated rings. The largest absolute Gasteiger partial charge is 0.343 e. The van der Waals surface area contributed by atoms with Gasteiger partial charge < -0.3 is 15.1 Å². The zero-order valence-electron chi connectivity index (χ0n) is 17.9. The molecule has 31 heavy (non-hydrogen) atoms. The topological polar surface area (TPSA) is 82.6 Å². The normalized spacial score (nSPS) is 10.8. The van der Waals surface area contributed by atoms with Crippen molar-refractivity contribution in [2.75, 3.05) is 25.0 Å². The summed E-state index contributed by atoms with van der Waals surface area (Å²) in [5.74, 6) is -0.710. The van der Waals surface area contributed by atoms with Gasteiger partial charge in [0, 0.05) is 30.1 Å². The van der Waals surface area contributed by atoms with Crippen LogP contribution in [0.2, 0.25) is 10.0 Å². The van der Waals surface area contributed by atoms with Crippen molar-refractivity contribution in [3.8, 4) is 0 Å². The number of benzene rings is 1. The Hall–Kier alpha value is -2.16. The Kier molecular flexibility index (Phi) is 9.28. The van der Waals surface area contributed by atoms with E-state index in [4.69, 9.17) is 23.2 Å². The average molecular weight is 485 g/mol. The summed E-state index contributed by atoms with van der Waals surface area (Å²) in [5, 5.41) is 5.47. The van der Waals surface area contributed by atoms with Gasteiger partial charge in [0.05, 0.1) is 22.2 Å². The van der Waals surface area contributed by atoms with Crippen LogP contribution >= 0.6 is 34.5 Å². The molecule has 0 saturated heterocycles. The number of anilines is 1.